The second-order valence-corrected chi connectivity index (χ2v) is 8.04. The van der Waals surface area contributed by atoms with Gasteiger partial charge in [-0.3, -0.25) is 0 Å². The average Bonchev–Trinajstić information content (AvgIpc) is 2.82. The van der Waals surface area contributed by atoms with E-state index in [-0.39, 0.29) is 6.54 Å². The monoisotopic (exact) mass is 449 g/mol. The Labute approximate surface area is 174 Å². The fourth-order valence-electron chi connectivity index (χ4n) is 2.97. The number of carbonyl (C=O) groups is 1. The zero-order valence-electron chi connectivity index (χ0n) is 14.5. The van der Waals surface area contributed by atoms with Crippen molar-refractivity contribution < 1.29 is 22.7 Å². The van der Waals surface area contributed by atoms with Crippen LogP contribution in [0.5, 0.6) is 0 Å². The van der Waals surface area contributed by atoms with Gasteiger partial charge in [0.2, 0.25) is 0 Å². The van der Waals surface area contributed by atoms with Crippen LogP contribution < -0.4 is 5.32 Å². The Morgan fingerprint density at radius 3 is 2.75 bits per heavy atom. The molecule has 3 nitrogen and oxygen atoms in total. The molecule has 0 radical (unpaired) electrons. The lowest BCUT2D eigenvalue weighted by molar-refractivity contribution is -0.205. The SMILES string of the molecule is O=C(OC1CNCCc2c1ccc(Cl)c2SCc1cccc(Cl)c1)C(F)(F)F. The maximum Gasteiger partial charge on any atom is 0.490 e. The zero-order valence-corrected chi connectivity index (χ0v) is 16.8. The highest BCUT2D eigenvalue weighted by Gasteiger charge is 2.43. The molecule has 0 saturated heterocycles. The highest BCUT2D eigenvalue weighted by molar-refractivity contribution is 7.98. The molecule has 0 aliphatic carbocycles. The number of carbonyl (C=O) groups excluding carboxylic acids is 1. The molecule has 3 rings (SSSR count). The molecule has 0 spiro atoms. The van der Waals surface area contributed by atoms with Crippen LogP contribution in [0.2, 0.25) is 10.0 Å². The first-order valence-corrected chi connectivity index (χ1v) is 10.2. The van der Waals surface area contributed by atoms with E-state index in [1.807, 2.05) is 18.2 Å². The van der Waals surface area contributed by atoms with Gasteiger partial charge in [-0.05, 0) is 47.9 Å². The molecule has 0 bridgehead atoms. The Hall–Kier alpha value is -1.41. The molecule has 0 fully saturated rings. The number of hydrogen-bond acceptors (Lipinski definition) is 4. The molecule has 0 saturated carbocycles. The van der Waals surface area contributed by atoms with Crippen molar-refractivity contribution in [2.24, 2.45) is 0 Å². The first kappa shape index (κ1) is 21.3. The summed E-state index contributed by atoms with van der Waals surface area (Å²) in [7, 11) is 0. The van der Waals surface area contributed by atoms with E-state index < -0.39 is 18.2 Å². The summed E-state index contributed by atoms with van der Waals surface area (Å²) >= 11 is 13.9. The summed E-state index contributed by atoms with van der Waals surface area (Å²) in [4.78, 5) is 12.1. The van der Waals surface area contributed by atoms with Gasteiger partial charge in [0.25, 0.3) is 0 Å². The van der Waals surface area contributed by atoms with Crippen molar-refractivity contribution in [3.8, 4) is 0 Å². The fraction of sp³-hybridized carbons (Fsp3) is 0.316. The largest absolute Gasteiger partial charge is 0.490 e. The molecular formula is C19H16Cl2F3NO2S. The van der Waals surface area contributed by atoms with Gasteiger partial charge in [0.05, 0.1) is 5.02 Å². The van der Waals surface area contributed by atoms with E-state index in [0.29, 0.717) is 34.3 Å². The molecule has 1 N–H and O–H groups in total. The van der Waals surface area contributed by atoms with Gasteiger partial charge in [0.1, 0.15) is 6.10 Å². The second-order valence-electron chi connectivity index (χ2n) is 6.21. The second kappa shape index (κ2) is 8.95. The molecule has 9 heteroatoms. The number of benzene rings is 2. The van der Waals surface area contributed by atoms with Gasteiger partial charge in [-0.15, -0.1) is 11.8 Å². The van der Waals surface area contributed by atoms with Crippen molar-refractivity contribution in [2.45, 2.75) is 29.3 Å². The van der Waals surface area contributed by atoms with Crippen molar-refractivity contribution in [3.05, 3.63) is 63.1 Å². The van der Waals surface area contributed by atoms with Crippen LogP contribution in [0.25, 0.3) is 0 Å². The molecule has 1 atom stereocenters. The number of fused-ring (bicyclic) bond motifs is 1. The fourth-order valence-corrected chi connectivity index (χ4v) is 4.61. The van der Waals surface area contributed by atoms with Crippen LogP contribution in [0, 0.1) is 0 Å². The smallest absolute Gasteiger partial charge is 0.449 e. The quantitative estimate of drug-likeness (QED) is 0.488. The van der Waals surface area contributed by atoms with Crippen molar-refractivity contribution in [3.63, 3.8) is 0 Å². The number of esters is 1. The van der Waals surface area contributed by atoms with Crippen molar-refractivity contribution in [1.29, 1.82) is 0 Å². The lowest BCUT2D eigenvalue weighted by Crippen LogP contribution is -2.30. The van der Waals surface area contributed by atoms with E-state index in [0.717, 1.165) is 16.0 Å². The summed E-state index contributed by atoms with van der Waals surface area (Å²) in [5, 5.41) is 4.15. The van der Waals surface area contributed by atoms with E-state index in [4.69, 9.17) is 27.9 Å². The van der Waals surface area contributed by atoms with Crippen molar-refractivity contribution in [1.82, 2.24) is 5.32 Å². The Morgan fingerprint density at radius 1 is 1.25 bits per heavy atom. The minimum Gasteiger partial charge on any atom is -0.449 e. The van der Waals surface area contributed by atoms with Crippen LogP contribution in [0.4, 0.5) is 13.2 Å². The van der Waals surface area contributed by atoms with Gasteiger partial charge >= 0.3 is 12.1 Å². The summed E-state index contributed by atoms with van der Waals surface area (Å²) in [5.41, 5.74) is 2.34. The van der Waals surface area contributed by atoms with Crippen LogP contribution in [-0.2, 0) is 21.7 Å². The normalized spacial score (nSPS) is 17.0. The summed E-state index contributed by atoms with van der Waals surface area (Å²) in [5.74, 6) is -1.60. The lowest BCUT2D eigenvalue weighted by atomic mass is 10.0. The molecular weight excluding hydrogens is 434 g/mol. The van der Waals surface area contributed by atoms with E-state index in [2.05, 4.69) is 5.32 Å². The Kier molecular flexibility index (Phi) is 6.81. The van der Waals surface area contributed by atoms with Gasteiger partial charge in [0.15, 0.2) is 0 Å². The van der Waals surface area contributed by atoms with Crippen LogP contribution in [-0.4, -0.2) is 25.2 Å². The minimum absolute atomic E-state index is 0.106. The van der Waals surface area contributed by atoms with Gasteiger partial charge in [-0.1, -0.05) is 41.4 Å². The summed E-state index contributed by atoms with van der Waals surface area (Å²) < 4.78 is 42.6. The zero-order chi connectivity index (χ0) is 20.3. The number of alkyl halides is 3. The molecule has 1 heterocycles. The number of nitrogens with one attached hydrogen (secondary N) is 1. The number of rotatable bonds is 4. The van der Waals surface area contributed by atoms with Gasteiger partial charge < -0.3 is 10.1 Å². The maximum absolute atomic E-state index is 12.6. The molecule has 150 valence electrons. The summed E-state index contributed by atoms with van der Waals surface area (Å²) in [6, 6.07) is 10.7. The molecule has 2 aromatic rings. The van der Waals surface area contributed by atoms with Crippen molar-refractivity contribution in [2.75, 3.05) is 13.1 Å². The van der Waals surface area contributed by atoms with Gasteiger partial charge in [-0.2, -0.15) is 13.2 Å². The van der Waals surface area contributed by atoms with Crippen LogP contribution >= 0.6 is 35.0 Å². The molecule has 0 amide bonds. The van der Waals surface area contributed by atoms with E-state index in [1.54, 1.807) is 18.2 Å². The first-order chi connectivity index (χ1) is 13.3. The van der Waals surface area contributed by atoms with E-state index >= 15 is 0 Å². The summed E-state index contributed by atoms with van der Waals surface area (Å²) in [6.45, 7) is 0.646. The van der Waals surface area contributed by atoms with Crippen LogP contribution in [0.1, 0.15) is 22.8 Å². The molecule has 1 aliphatic rings. The van der Waals surface area contributed by atoms with Crippen LogP contribution in [0.15, 0.2) is 41.3 Å². The number of halogens is 5. The number of hydrogen-bond donors (Lipinski definition) is 1. The highest BCUT2D eigenvalue weighted by atomic mass is 35.5. The number of thioether (sulfide) groups is 1. The molecule has 0 aromatic heterocycles. The lowest BCUT2D eigenvalue weighted by Gasteiger charge is -2.21. The van der Waals surface area contributed by atoms with Gasteiger partial charge in [0, 0.05) is 22.2 Å². The number of ether oxygens (including phenoxy) is 1. The predicted molar refractivity (Wildman–Crippen MR) is 104 cm³/mol. The predicted octanol–water partition coefficient (Wildman–Crippen LogP) is 5.58. The maximum atomic E-state index is 12.6. The third kappa shape index (κ3) is 5.14. The molecule has 1 unspecified atom stereocenters. The third-order valence-electron chi connectivity index (χ3n) is 4.23. The van der Waals surface area contributed by atoms with E-state index in [9.17, 15) is 18.0 Å². The third-order valence-corrected chi connectivity index (χ3v) is 6.12. The highest BCUT2D eigenvalue weighted by Crippen LogP contribution is 2.39. The standard InChI is InChI=1S/C19H16Cl2F3NO2S/c20-12-3-1-2-11(8-12)10-28-17-14-6-7-25-9-16(13(14)4-5-15(17)21)27-18(26)19(22,23)24/h1-5,8,16,25H,6-7,9-10H2. The molecule has 2 aromatic carbocycles. The van der Waals surface area contributed by atoms with Gasteiger partial charge in [-0.25, -0.2) is 4.79 Å². The average molecular weight is 450 g/mol. The Balaban J connectivity index is 1.88. The minimum atomic E-state index is -5.04. The van der Waals surface area contributed by atoms with Crippen LogP contribution in [0.3, 0.4) is 0 Å². The Morgan fingerprint density at radius 2 is 2.04 bits per heavy atom. The van der Waals surface area contributed by atoms with E-state index in [1.165, 1.54) is 11.8 Å². The first-order valence-electron chi connectivity index (χ1n) is 8.42. The Bertz CT molecular complexity index is 877. The molecule has 28 heavy (non-hydrogen) atoms. The molecule has 1 aliphatic heterocycles. The van der Waals surface area contributed by atoms with Crippen molar-refractivity contribution >= 4 is 40.9 Å². The topological polar surface area (TPSA) is 38.3 Å². The summed E-state index contributed by atoms with van der Waals surface area (Å²) in [6.07, 6.45) is -5.51.